The molecule has 0 aromatic heterocycles. The van der Waals surface area contributed by atoms with Crippen LogP contribution in [0.1, 0.15) is 46.5 Å². The van der Waals surface area contributed by atoms with Gasteiger partial charge in [-0.15, -0.1) is 0 Å². The number of nitrogens with one attached hydrogen (secondary N) is 1. The van der Waals surface area contributed by atoms with Gasteiger partial charge in [0.15, 0.2) is 0 Å². The lowest BCUT2D eigenvalue weighted by Crippen LogP contribution is -2.48. The van der Waals surface area contributed by atoms with Crippen LogP contribution in [0.3, 0.4) is 0 Å². The Balaban J connectivity index is 1.82. The third kappa shape index (κ3) is 2.40. The van der Waals surface area contributed by atoms with Crippen molar-refractivity contribution < 1.29 is 4.79 Å². The van der Waals surface area contributed by atoms with Crippen LogP contribution < -0.4 is 5.32 Å². The van der Waals surface area contributed by atoms with Crippen LogP contribution in [0.5, 0.6) is 0 Å². The first-order chi connectivity index (χ1) is 7.53. The van der Waals surface area contributed by atoms with Crippen molar-refractivity contribution in [3.63, 3.8) is 0 Å². The van der Waals surface area contributed by atoms with Crippen LogP contribution in [0.15, 0.2) is 0 Å². The summed E-state index contributed by atoms with van der Waals surface area (Å²) in [7, 11) is 0. The molecule has 1 aliphatic heterocycles. The Labute approximate surface area is 98.6 Å². The first kappa shape index (κ1) is 11.9. The summed E-state index contributed by atoms with van der Waals surface area (Å²) in [6.07, 6.45) is 4.94. The first-order valence-corrected chi connectivity index (χ1v) is 6.58. The molecular formula is C13H24N2O. The number of rotatable bonds is 4. The van der Waals surface area contributed by atoms with Gasteiger partial charge in [-0.05, 0) is 44.9 Å². The van der Waals surface area contributed by atoms with Crippen LogP contribution in [-0.4, -0.2) is 36.0 Å². The smallest absolute Gasteiger partial charge is 0.239 e. The Morgan fingerprint density at radius 2 is 1.81 bits per heavy atom. The molecule has 92 valence electrons. The van der Waals surface area contributed by atoms with Gasteiger partial charge < -0.3 is 10.2 Å². The number of hydrogen-bond acceptors (Lipinski definition) is 2. The van der Waals surface area contributed by atoms with E-state index in [2.05, 4.69) is 19.2 Å². The fraction of sp³-hybridized carbons (Fsp3) is 0.923. The highest BCUT2D eigenvalue weighted by Crippen LogP contribution is 2.48. The van der Waals surface area contributed by atoms with Crippen LogP contribution in [0, 0.1) is 5.41 Å². The maximum absolute atomic E-state index is 12.1. The average Bonchev–Trinajstić information content (AvgIpc) is 2.83. The zero-order valence-electron chi connectivity index (χ0n) is 10.8. The predicted molar refractivity (Wildman–Crippen MR) is 65.2 cm³/mol. The predicted octanol–water partition coefficient (Wildman–Crippen LogP) is 1.78. The molecule has 1 aliphatic carbocycles. The van der Waals surface area contributed by atoms with E-state index in [1.165, 1.54) is 25.7 Å². The molecule has 1 N–H and O–H groups in total. The van der Waals surface area contributed by atoms with Crippen molar-refractivity contribution in [2.75, 3.05) is 13.1 Å². The second-order valence-corrected chi connectivity index (χ2v) is 5.80. The minimum Gasteiger partial charge on any atom is -0.341 e. The highest BCUT2D eigenvalue weighted by Gasteiger charge is 2.43. The standard InChI is InChI=1S/C13H24N2O/c1-10(12(16)15-8-4-5-9-15)14-11(2)13(3)6-7-13/h10-11,14H,4-9H2,1-3H3. The molecular weight excluding hydrogens is 200 g/mol. The highest BCUT2D eigenvalue weighted by molar-refractivity contribution is 5.81. The van der Waals surface area contributed by atoms with E-state index in [-0.39, 0.29) is 11.9 Å². The Kier molecular flexibility index (Phi) is 3.24. The molecule has 0 aromatic rings. The van der Waals surface area contributed by atoms with E-state index in [9.17, 15) is 4.79 Å². The highest BCUT2D eigenvalue weighted by atomic mass is 16.2. The fourth-order valence-electron chi connectivity index (χ4n) is 2.49. The molecule has 1 saturated heterocycles. The molecule has 3 heteroatoms. The van der Waals surface area contributed by atoms with Crippen molar-refractivity contribution in [1.82, 2.24) is 10.2 Å². The number of carbonyl (C=O) groups excluding carboxylic acids is 1. The van der Waals surface area contributed by atoms with Crippen molar-refractivity contribution in [1.29, 1.82) is 0 Å². The summed E-state index contributed by atoms with van der Waals surface area (Å²) in [5.74, 6) is 0.286. The summed E-state index contributed by atoms with van der Waals surface area (Å²) in [4.78, 5) is 14.1. The molecule has 0 spiro atoms. The molecule has 2 aliphatic rings. The Hall–Kier alpha value is -0.570. The number of hydrogen-bond donors (Lipinski definition) is 1. The van der Waals surface area contributed by atoms with Gasteiger partial charge in [-0.2, -0.15) is 0 Å². The maximum atomic E-state index is 12.1. The summed E-state index contributed by atoms with van der Waals surface area (Å²) < 4.78 is 0. The zero-order valence-corrected chi connectivity index (χ0v) is 10.8. The van der Waals surface area contributed by atoms with Crippen LogP contribution in [0.4, 0.5) is 0 Å². The first-order valence-electron chi connectivity index (χ1n) is 6.58. The molecule has 2 fully saturated rings. The number of likely N-dealkylation sites (tertiary alicyclic amines) is 1. The van der Waals surface area contributed by atoms with Gasteiger partial charge in [-0.1, -0.05) is 6.92 Å². The lowest BCUT2D eigenvalue weighted by atomic mass is 10.00. The molecule has 2 atom stereocenters. The summed E-state index contributed by atoms with van der Waals surface area (Å²) in [5.41, 5.74) is 0.444. The lowest BCUT2D eigenvalue weighted by Gasteiger charge is -2.27. The molecule has 0 radical (unpaired) electrons. The van der Waals surface area contributed by atoms with Crippen LogP contribution in [0.2, 0.25) is 0 Å². The minimum atomic E-state index is -0.0227. The molecule has 16 heavy (non-hydrogen) atoms. The van der Waals surface area contributed by atoms with Crippen molar-refractivity contribution in [3.05, 3.63) is 0 Å². The molecule has 0 bridgehead atoms. The normalized spacial score (nSPS) is 26.6. The van der Waals surface area contributed by atoms with E-state index in [1.807, 2.05) is 11.8 Å². The Bertz CT molecular complexity index is 267. The third-order valence-corrected chi connectivity index (χ3v) is 4.37. The summed E-state index contributed by atoms with van der Waals surface area (Å²) >= 11 is 0. The monoisotopic (exact) mass is 224 g/mol. The number of nitrogens with zero attached hydrogens (tertiary/aromatic N) is 1. The second kappa shape index (κ2) is 4.36. The topological polar surface area (TPSA) is 32.3 Å². The van der Waals surface area contributed by atoms with Gasteiger partial charge in [-0.25, -0.2) is 0 Å². The van der Waals surface area contributed by atoms with Gasteiger partial charge in [-0.3, -0.25) is 4.79 Å². The number of carbonyl (C=O) groups is 1. The van der Waals surface area contributed by atoms with Crippen molar-refractivity contribution in [2.24, 2.45) is 5.41 Å². The Morgan fingerprint density at radius 1 is 1.25 bits per heavy atom. The number of amides is 1. The lowest BCUT2D eigenvalue weighted by molar-refractivity contribution is -0.132. The van der Waals surface area contributed by atoms with E-state index in [0.29, 0.717) is 11.5 Å². The molecule has 3 nitrogen and oxygen atoms in total. The molecule has 2 rings (SSSR count). The van der Waals surface area contributed by atoms with Crippen LogP contribution >= 0.6 is 0 Å². The van der Waals surface area contributed by atoms with Crippen LogP contribution in [0.25, 0.3) is 0 Å². The van der Waals surface area contributed by atoms with Gasteiger partial charge in [0, 0.05) is 19.1 Å². The average molecular weight is 224 g/mol. The Morgan fingerprint density at radius 3 is 2.31 bits per heavy atom. The summed E-state index contributed by atoms with van der Waals surface area (Å²) in [6, 6.07) is 0.430. The van der Waals surface area contributed by atoms with E-state index in [4.69, 9.17) is 0 Å². The SMILES string of the molecule is CC(NC(C)C1(C)CC1)C(=O)N1CCCC1. The van der Waals surface area contributed by atoms with Crippen LogP contribution in [-0.2, 0) is 4.79 Å². The summed E-state index contributed by atoms with van der Waals surface area (Å²) in [5, 5.41) is 3.47. The van der Waals surface area contributed by atoms with Gasteiger partial charge in [0.2, 0.25) is 5.91 Å². The molecule has 1 heterocycles. The van der Waals surface area contributed by atoms with E-state index in [0.717, 1.165) is 13.1 Å². The van der Waals surface area contributed by atoms with Gasteiger partial charge in [0.05, 0.1) is 6.04 Å². The minimum absolute atomic E-state index is 0.0227. The van der Waals surface area contributed by atoms with E-state index >= 15 is 0 Å². The molecule has 1 saturated carbocycles. The zero-order chi connectivity index (χ0) is 11.8. The van der Waals surface area contributed by atoms with Gasteiger partial charge in [0.1, 0.15) is 0 Å². The molecule has 2 unspecified atom stereocenters. The van der Waals surface area contributed by atoms with Gasteiger partial charge in [0.25, 0.3) is 0 Å². The quantitative estimate of drug-likeness (QED) is 0.789. The second-order valence-electron chi connectivity index (χ2n) is 5.80. The van der Waals surface area contributed by atoms with Crippen molar-refractivity contribution in [2.45, 2.75) is 58.5 Å². The van der Waals surface area contributed by atoms with Crippen molar-refractivity contribution in [3.8, 4) is 0 Å². The van der Waals surface area contributed by atoms with Crippen molar-refractivity contribution >= 4 is 5.91 Å². The molecule has 1 amide bonds. The maximum Gasteiger partial charge on any atom is 0.239 e. The van der Waals surface area contributed by atoms with E-state index < -0.39 is 0 Å². The third-order valence-electron chi connectivity index (χ3n) is 4.37. The fourth-order valence-corrected chi connectivity index (χ4v) is 2.49. The van der Waals surface area contributed by atoms with Gasteiger partial charge >= 0.3 is 0 Å². The summed E-state index contributed by atoms with van der Waals surface area (Å²) in [6.45, 7) is 8.42. The van der Waals surface area contributed by atoms with E-state index in [1.54, 1.807) is 0 Å². The largest absolute Gasteiger partial charge is 0.341 e. The molecule has 0 aromatic carbocycles.